The van der Waals surface area contributed by atoms with Gasteiger partial charge < -0.3 is 10.2 Å². The highest BCUT2D eigenvalue weighted by Gasteiger charge is 2.41. The number of thiazole rings is 2. The molecule has 0 radical (unpaired) electrons. The number of anilines is 1. The molecular weight excluding hydrogens is 376 g/mol. The van der Waals surface area contributed by atoms with Gasteiger partial charge in [-0.25, -0.2) is 9.97 Å². The van der Waals surface area contributed by atoms with E-state index in [1.54, 1.807) is 11.3 Å². The van der Waals surface area contributed by atoms with Crippen molar-refractivity contribution in [3.8, 4) is 0 Å². The Hall–Kier alpha value is -2.25. The molecule has 5 nitrogen and oxygen atoms in total. The molecular formula is C20H22N4OS2. The van der Waals surface area contributed by atoms with Crippen molar-refractivity contribution in [2.75, 3.05) is 25.5 Å². The lowest BCUT2D eigenvalue weighted by molar-refractivity contribution is 0.0679. The van der Waals surface area contributed by atoms with Crippen LogP contribution in [0.25, 0.3) is 0 Å². The monoisotopic (exact) mass is 398 g/mol. The summed E-state index contributed by atoms with van der Waals surface area (Å²) in [5.41, 5.74) is 2.82. The Balaban J connectivity index is 1.59. The SMILES string of the molecule is CNc1nc(C(=O)N2CCC(c3ccccc3)(c3csc(C)n3)CC2)cs1. The summed E-state index contributed by atoms with van der Waals surface area (Å²) in [5.74, 6) is 0.0175. The van der Waals surface area contributed by atoms with Gasteiger partial charge in [0, 0.05) is 36.3 Å². The van der Waals surface area contributed by atoms with Crippen molar-refractivity contribution in [3.63, 3.8) is 0 Å². The maximum absolute atomic E-state index is 12.8. The van der Waals surface area contributed by atoms with Crippen molar-refractivity contribution >= 4 is 33.7 Å². The van der Waals surface area contributed by atoms with Gasteiger partial charge in [0.1, 0.15) is 5.69 Å². The largest absolute Gasteiger partial charge is 0.365 e. The molecule has 2 aromatic heterocycles. The number of amides is 1. The number of nitrogens with one attached hydrogen (secondary N) is 1. The molecule has 1 N–H and O–H groups in total. The zero-order valence-corrected chi connectivity index (χ0v) is 17.1. The third-order valence-electron chi connectivity index (χ3n) is 5.28. The second-order valence-electron chi connectivity index (χ2n) is 6.78. The smallest absolute Gasteiger partial charge is 0.273 e. The molecule has 0 spiro atoms. The van der Waals surface area contributed by atoms with Crippen LogP contribution in [0.2, 0.25) is 0 Å². The lowest BCUT2D eigenvalue weighted by Gasteiger charge is -2.41. The molecule has 4 rings (SSSR count). The number of nitrogens with zero attached hydrogens (tertiary/aromatic N) is 3. The summed E-state index contributed by atoms with van der Waals surface area (Å²) in [6.45, 7) is 3.46. The molecule has 0 atom stereocenters. The number of hydrogen-bond donors (Lipinski definition) is 1. The first kappa shape index (κ1) is 18.1. The average molecular weight is 399 g/mol. The van der Waals surface area contributed by atoms with Crippen molar-refractivity contribution in [3.05, 3.63) is 63.1 Å². The zero-order valence-electron chi connectivity index (χ0n) is 15.4. The number of piperidine rings is 1. The summed E-state index contributed by atoms with van der Waals surface area (Å²) in [7, 11) is 1.82. The van der Waals surface area contributed by atoms with Crippen LogP contribution in [0.4, 0.5) is 5.13 Å². The highest BCUT2D eigenvalue weighted by molar-refractivity contribution is 7.13. The number of aromatic nitrogens is 2. The molecule has 1 fully saturated rings. The molecule has 1 saturated heterocycles. The van der Waals surface area contributed by atoms with Gasteiger partial charge in [0.25, 0.3) is 5.91 Å². The third kappa shape index (κ3) is 3.37. The first-order valence-electron chi connectivity index (χ1n) is 9.03. The lowest BCUT2D eigenvalue weighted by atomic mass is 9.70. The van der Waals surface area contributed by atoms with Crippen molar-refractivity contribution in [1.29, 1.82) is 0 Å². The van der Waals surface area contributed by atoms with Crippen molar-refractivity contribution < 1.29 is 4.79 Å². The van der Waals surface area contributed by atoms with E-state index in [9.17, 15) is 4.79 Å². The number of rotatable bonds is 4. The van der Waals surface area contributed by atoms with Crippen molar-refractivity contribution in [2.24, 2.45) is 0 Å². The average Bonchev–Trinajstić information content (AvgIpc) is 3.37. The maximum atomic E-state index is 12.8. The van der Waals surface area contributed by atoms with E-state index in [2.05, 4.69) is 39.9 Å². The molecule has 7 heteroatoms. The van der Waals surface area contributed by atoms with Crippen molar-refractivity contribution in [2.45, 2.75) is 25.2 Å². The van der Waals surface area contributed by atoms with Crippen LogP contribution in [0, 0.1) is 6.92 Å². The second-order valence-corrected chi connectivity index (χ2v) is 8.70. The van der Waals surface area contributed by atoms with Gasteiger partial charge in [-0.1, -0.05) is 30.3 Å². The Labute approximate surface area is 167 Å². The number of carbonyl (C=O) groups excluding carboxylic acids is 1. The first-order valence-corrected chi connectivity index (χ1v) is 10.8. The van der Waals surface area contributed by atoms with E-state index in [-0.39, 0.29) is 11.3 Å². The van der Waals surface area contributed by atoms with Gasteiger partial charge in [0.2, 0.25) is 0 Å². The van der Waals surface area contributed by atoms with E-state index < -0.39 is 0 Å². The van der Waals surface area contributed by atoms with Gasteiger partial charge in [-0.2, -0.15) is 0 Å². The van der Waals surface area contributed by atoms with Gasteiger partial charge in [-0.05, 0) is 25.3 Å². The summed E-state index contributed by atoms with van der Waals surface area (Å²) >= 11 is 3.15. The predicted octanol–water partition coefficient (Wildman–Crippen LogP) is 4.17. The third-order valence-corrected chi connectivity index (χ3v) is 6.91. The number of hydrogen-bond acceptors (Lipinski definition) is 6. The lowest BCUT2D eigenvalue weighted by Crippen LogP contribution is -2.46. The molecule has 0 aliphatic carbocycles. The summed E-state index contributed by atoms with van der Waals surface area (Å²) in [6, 6.07) is 10.6. The van der Waals surface area contributed by atoms with E-state index >= 15 is 0 Å². The van der Waals surface area contributed by atoms with E-state index in [1.807, 2.05) is 30.3 Å². The van der Waals surface area contributed by atoms with Crippen LogP contribution < -0.4 is 5.32 Å². The van der Waals surface area contributed by atoms with E-state index in [0.29, 0.717) is 18.8 Å². The summed E-state index contributed by atoms with van der Waals surface area (Å²) < 4.78 is 0. The maximum Gasteiger partial charge on any atom is 0.273 e. The van der Waals surface area contributed by atoms with Crippen LogP contribution in [0.5, 0.6) is 0 Å². The fraction of sp³-hybridized carbons (Fsp3) is 0.350. The summed E-state index contributed by atoms with van der Waals surface area (Å²) in [5, 5.41) is 8.86. The molecule has 27 heavy (non-hydrogen) atoms. The Kier molecular flexibility index (Phi) is 4.97. The van der Waals surface area contributed by atoms with Crippen LogP contribution in [0.3, 0.4) is 0 Å². The molecule has 140 valence electrons. The minimum Gasteiger partial charge on any atom is -0.365 e. The molecule has 0 saturated carbocycles. The molecule has 1 aliphatic rings. The molecule has 1 aliphatic heterocycles. The van der Waals surface area contributed by atoms with E-state index in [0.717, 1.165) is 28.7 Å². The Bertz CT molecular complexity index is 926. The molecule has 3 heterocycles. The summed E-state index contributed by atoms with van der Waals surface area (Å²) in [6.07, 6.45) is 1.74. The van der Waals surface area contributed by atoms with Crippen LogP contribution in [-0.4, -0.2) is 40.9 Å². The Morgan fingerprint density at radius 2 is 1.85 bits per heavy atom. The van der Waals surface area contributed by atoms with Crippen LogP contribution in [-0.2, 0) is 5.41 Å². The normalized spacial score (nSPS) is 16.3. The standard InChI is InChI=1S/C20H22N4OS2/c1-14-22-17(13-26-14)20(15-6-4-3-5-7-15)8-10-24(11-9-20)18(25)16-12-27-19(21-2)23-16/h3-7,12-13H,8-11H2,1-2H3,(H,21,23). The van der Waals surface area contributed by atoms with Crippen LogP contribution in [0.1, 0.15) is 39.6 Å². The van der Waals surface area contributed by atoms with Gasteiger partial charge in [-0.3, -0.25) is 4.79 Å². The number of aryl methyl sites for hydroxylation is 1. The number of carbonyl (C=O) groups is 1. The predicted molar refractivity (Wildman–Crippen MR) is 111 cm³/mol. The topological polar surface area (TPSA) is 58.1 Å². The minimum absolute atomic E-state index is 0.0175. The van der Waals surface area contributed by atoms with Crippen LogP contribution in [0.15, 0.2) is 41.1 Å². The summed E-state index contributed by atoms with van der Waals surface area (Å²) in [4.78, 5) is 24.0. The van der Waals surface area contributed by atoms with Crippen molar-refractivity contribution in [1.82, 2.24) is 14.9 Å². The first-order chi connectivity index (χ1) is 13.1. The zero-order chi connectivity index (χ0) is 18.9. The molecule has 0 bridgehead atoms. The van der Waals surface area contributed by atoms with Gasteiger partial charge >= 0.3 is 0 Å². The highest BCUT2D eigenvalue weighted by atomic mass is 32.1. The second kappa shape index (κ2) is 7.40. The Morgan fingerprint density at radius 1 is 1.11 bits per heavy atom. The number of likely N-dealkylation sites (tertiary alicyclic amines) is 1. The fourth-order valence-corrected chi connectivity index (χ4v) is 5.13. The quantitative estimate of drug-likeness (QED) is 0.716. The molecule has 1 aromatic carbocycles. The highest BCUT2D eigenvalue weighted by Crippen LogP contribution is 2.42. The fourth-order valence-electron chi connectivity index (χ4n) is 3.77. The van der Waals surface area contributed by atoms with Gasteiger partial charge in [0.15, 0.2) is 5.13 Å². The van der Waals surface area contributed by atoms with Crippen LogP contribution >= 0.6 is 22.7 Å². The Morgan fingerprint density at radius 3 is 2.44 bits per heavy atom. The minimum atomic E-state index is -0.124. The van der Waals surface area contributed by atoms with E-state index in [4.69, 9.17) is 4.98 Å². The van der Waals surface area contributed by atoms with Gasteiger partial charge in [0.05, 0.1) is 10.7 Å². The molecule has 1 amide bonds. The number of benzene rings is 1. The van der Waals surface area contributed by atoms with E-state index in [1.165, 1.54) is 16.9 Å². The molecule has 3 aromatic rings. The molecule has 0 unspecified atom stereocenters. The van der Waals surface area contributed by atoms with Gasteiger partial charge in [-0.15, -0.1) is 22.7 Å².